The number of carbonyl (C=O) groups is 1. The quantitative estimate of drug-likeness (QED) is 0.764. The van der Waals surface area contributed by atoms with Crippen LogP contribution in [0.1, 0.15) is 63.4 Å². The highest BCUT2D eigenvalue weighted by Gasteiger charge is 2.56. The van der Waals surface area contributed by atoms with E-state index in [9.17, 15) is 4.79 Å². The molecule has 2 amide bonds. The Kier molecular flexibility index (Phi) is 6.01. The van der Waals surface area contributed by atoms with Crippen molar-refractivity contribution in [3.8, 4) is 0 Å². The Labute approximate surface area is 181 Å². The minimum Gasteiger partial charge on any atom is -0.375 e. The molecule has 4 aliphatic rings. The van der Waals surface area contributed by atoms with Crippen LogP contribution in [0.2, 0.25) is 0 Å². The number of rotatable bonds is 6. The molecule has 5 nitrogen and oxygen atoms in total. The van der Waals surface area contributed by atoms with Crippen LogP contribution in [0.25, 0.3) is 0 Å². The summed E-state index contributed by atoms with van der Waals surface area (Å²) < 4.78 is 6.43. The molecule has 5 heteroatoms. The predicted octanol–water partition coefficient (Wildman–Crippen LogP) is 4.17. The number of urea groups is 1. The average molecular weight is 412 g/mol. The van der Waals surface area contributed by atoms with Crippen LogP contribution in [-0.2, 0) is 11.3 Å². The molecule has 2 heterocycles. The minimum absolute atomic E-state index is 0.0823. The Hall–Kier alpha value is -1.59. The van der Waals surface area contributed by atoms with Gasteiger partial charge in [0.1, 0.15) is 0 Å². The zero-order chi connectivity index (χ0) is 20.4. The van der Waals surface area contributed by atoms with Crippen LogP contribution in [0.3, 0.4) is 0 Å². The van der Waals surface area contributed by atoms with Crippen LogP contribution in [-0.4, -0.2) is 59.8 Å². The monoisotopic (exact) mass is 411 g/mol. The van der Waals surface area contributed by atoms with Gasteiger partial charge in [-0.15, -0.1) is 0 Å². The maximum Gasteiger partial charge on any atom is 0.317 e. The van der Waals surface area contributed by atoms with Gasteiger partial charge < -0.3 is 15.0 Å². The molecule has 0 radical (unpaired) electrons. The summed E-state index contributed by atoms with van der Waals surface area (Å²) in [5.41, 5.74) is 1.45. The van der Waals surface area contributed by atoms with Crippen molar-refractivity contribution < 1.29 is 9.53 Å². The Bertz CT molecular complexity index is 706. The van der Waals surface area contributed by atoms with E-state index in [1.807, 2.05) is 23.1 Å². The second-order valence-corrected chi connectivity index (χ2v) is 9.94. The molecule has 1 spiro atoms. The third-order valence-electron chi connectivity index (χ3n) is 7.96. The lowest BCUT2D eigenvalue weighted by Crippen LogP contribution is -2.75. The molecule has 4 fully saturated rings. The number of piperidine rings is 1. The number of benzene rings is 1. The van der Waals surface area contributed by atoms with E-state index in [4.69, 9.17) is 4.74 Å². The fraction of sp³-hybridized carbons (Fsp3) is 0.720. The largest absolute Gasteiger partial charge is 0.375 e. The fourth-order valence-corrected chi connectivity index (χ4v) is 5.90. The molecular formula is C25H37N3O2. The number of likely N-dealkylation sites (tertiary alicyclic amines) is 2. The lowest BCUT2D eigenvalue weighted by atomic mass is 9.69. The number of nitrogens with zero attached hydrogens (tertiary/aromatic N) is 2. The molecule has 164 valence electrons. The summed E-state index contributed by atoms with van der Waals surface area (Å²) in [6, 6.07) is 10.8. The number of hydrogen-bond acceptors (Lipinski definition) is 3. The molecule has 2 saturated carbocycles. The molecule has 1 aromatic rings. The molecule has 2 aliphatic heterocycles. The Morgan fingerprint density at radius 2 is 1.77 bits per heavy atom. The van der Waals surface area contributed by atoms with Gasteiger partial charge in [-0.05, 0) is 50.0 Å². The Morgan fingerprint density at radius 1 is 1.03 bits per heavy atom. The Balaban J connectivity index is 1.12. The van der Waals surface area contributed by atoms with Gasteiger partial charge in [-0.2, -0.15) is 0 Å². The van der Waals surface area contributed by atoms with Crippen molar-refractivity contribution in [1.29, 1.82) is 0 Å². The fourth-order valence-electron chi connectivity index (χ4n) is 5.90. The molecular weight excluding hydrogens is 374 g/mol. The van der Waals surface area contributed by atoms with Crippen molar-refractivity contribution in [2.75, 3.05) is 26.2 Å². The van der Waals surface area contributed by atoms with Crippen LogP contribution in [0.5, 0.6) is 0 Å². The summed E-state index contributed by atoms with van der Waals surface area (Å²) >= 11 is 0. The molecule has 0 bridgehead atoms. The van der Waals surface area contributed by atoms with E-state index in [0.29, 0.717) is 24.2 Å². The van der Waals surface area contributed by atoms with Crippen LogP contribution < -0.4 is 5.32 Å². The van der Waals surface area contributed by atoms with E-state index in [0.717, 1.165) is 50.6 Å². The van der Waals surface area contributed by atoms with Gasteiger partial charge in [0, 0.05) is 44.4 Å². The van der Waals surface area contributed by atoms with Gasteiger partial charge in [-0.25, -0.2) is 4.79 Å². The summed E-state index contributed by atoms with van der Waals surface area (Å²) in [7, 11) is 0. The van der Waals surface area contributed by atoms with Crippen molar-refractivity contribution in [3.05, 3.63) is 35.9 Å². The second-order valence-electron chi connectivity index (χ2n) is 9.94. The number of carbonyl (C=O) groups excluding carboxylic acids is 1. The SMILES string of the molecule is O=C(NCc1ccccc1)N1CCC(N2CC(OCC3CC3)C23CCCCC3)CC1. The normalized spacial score (nSPS) is 27.1. The standard InChI is InChI=1S/C25H37N3O2/c29-24(26-17-20-7-3-1-4-8-20)27-15-11-22(12-16-27)28-18-23(30-19-21-9-10-21)25(28)13-5-2-6-14-25/h1,3-4,7-8,21-23H,2,5-6,9-19H2,(H,26,29). The highest BCUT2D eigenvalue weighted by molar-refractivity contribution is 5.74. The maximum atomic E-state index is 12.6. The van der Waals surface area contributed by atoms with Crippen molar-refractivity contribution in [2.24, 2.45) is 5.92 Å². The zero-order valence-corrected chi connectivity index (χ0v) is 18.2. The van der Waals surface area contributed by atoms with Gasteiger partial charge in [0.15, 0.2) is 0 Å². The third-order valence-corrected chi connectivity index (χ3v) is 7.96. The smallest absolute Gasteiger partial charge is 0.317 e. The first-order valence-electron chi connectivity index (χ1n) is 12.2. The van der Waals surface area contributed by atoms with Crippen molar-refractivity contribution in [3.63, 3.8) is 0 Å². The summed E-state index contributed by atoms with van der Waals surface area (Å²) in [6.45, 7) is 4.43. The highest BCUT2D eigenvalue weighted by Crippen LogP contribution is 2.48. The molecule has 30 heavy (non-hydrogen) atoms. The maximum absolute atomic E-state index is 12.6. The van der Waals surface area contributed by atoms with Gasteiger partial charge in [0.05, 0.1) is 6.10 Å². The van der Waals surface area contributed by atoms with Gasteiger partial charge in [-0.3, -0.25) is 4.90 Å². The van der Waals surface area contributed by atoms with E-state index >= 15 is 0 Å². The van der Waals surface area contributed by atoms with Crippen LogP contribution in [0, 0.1) is 5.92 Å². The summed E-state index contributed by atoms with van der Waals surface area (Å²) in [4.78, 5) is 17.4. The highest BCUT2D eigenvalue weighted by atomic mass is 16.5. The molecule has 1 aromatic carbocycles. The Morgan fingerprint density at radius 3 is 2.47 bits per heavy atom. The first-order chi connectivity index (χ1) is 14.7. The van der Waals surface area contributed by atoms with E-state index in [1.165, 1.54) is 44.9 Å². The van der Waals surface area contributed by atoms with Gasteiger partial charge in [0.25, 0.3) is 0 Å². The van der Waals surface area contributed by atoms with E-state index in [-0.39, 0.29) is 6.03 Å². The summed E-state index contributed by atoms with van der Waals surface area (Å²) in [5.74, 6) is 0.845. The van der Waals surface area contributed by atoms with Gasteiger partial charge in [-0.1, -0.05) is 49.6 Å². The van der Waals surface area contributed by atoms with E-state index in [2.05, 4.69) is 22.3 Å². The number of nitrogens with one attached hydrogen (secondary N) is 1. The average Bonchev–Trinajstić information content (AvgIpc) is 3.63. The molecule has 1 atom stereocenters. The molecule has 1 unspecified atom stereocenters. The minimum atomic E-state index is 0.0823. The van der Waals surface area contributed by atoms with Crippen molar-refractivity contribution >= 4 is 6.03 Å². The lowest BCUT2D eigenvalue weighted by Gasteiger charge is -2.63. The number of hydrogen-bond donors (Lipinski definition) is 1. The second kappa shape index (κ2) is 8.88. The van der Waals surface area contributed by atoms with Crippen molar-refractivity contribution in [2.45, 2.75) is 82.0 Å². The van der Waals surface area contributed by atoms with Crippen LogP contribution in [0.4, 0.5) is 4.79 Å². The van der Waals surface area contributed by atoms with Gasteiger partial charge in [0.2, 0.25) is 0 Å². The zero-order valence-electron chi connectivity index (χ0n) is 18.2. The summed E-state index contributed by atoms with van der Waals surface area (Å²) in [5, 5.41) is 3.09. The van der Waals surface area contributed by atoms with Crippen LogP contribution >= 0.6 is 0 Å². The summed E-state index contributed by atoms with van der Waals surface area (Å²) in [6.07, 6.45) is 12.1. The first kappa shape index (κ1) is 20.3. The van der Waals surface area contributed by atoms with Crippen molar-refractivity contribution in [1.82, 2.24) is 15.1 Å². The lowest BCUT2D eigenvalue weighted by molar-refractivity contribution is -0.202. The van der Waals surface area contributed by atoms with E-state index < -0.39 is 0 Å². The number of ether oxygens (including phenoxy) is 1. The number of amides is 2. The molecule has 1 N–H and O–H groups in total. The topological polar surface area (TPSA) is 44.8 Å². The van der Waals surface area contributed by atoms with E-state index in [1.54, 1.807) is 0 Å². The molecule has 2 aliphatic carbocycles. The predicted molar refractivity (Wildman–Crippen MR) is 118 cm³/mol. The first-order valence-corrected chi connectivity index (χ1v) is 12.2. The van der Waals surface area contributed by atoms with Gasteiger partial charge >= 0.3 is 6.03 Å². The molecule has 5 rings (SSSR count). The third kappa shape index (κ3) is 4.24. The van der Waals surface area contributed by atoms with Crippen LogP contribution in [0.15, 0.2) is 30.3 Å². The molecule has 0 aromatic heterocycles. The molecule has 2 saturated heterocycles.